The fourth-order valence-electron chi connectivity index (χ4n) is 6.13. The summed E-state index contributed by atoms with van der Waals surface area (Å²) in [5.41, 5.74) is -1.70. The van der Waals surface area contributed by atoms with Gasteiger partial charge in [-0.2, -0.15) is 0 Å². The summed E-state index contributed by atoms with van der Waals surface area (Å²) >= 11 is 1.63. The maximum Gasteiger partial charge on any atom is 0.165 e. The molecule has 0 atom stereocenters. The van der Waals surface area contributed by atoms with E-state index in [0.29, 0.717) is 5.56 Å². The van der Waals surface area contributed by atoms with Crippen molar-refractivity contribution in [1.82, 2.24) is 19.5 Å². The van der Waals surface area contributed by atoms with Gasteiger partial charge in [0.05, 0.1) is 39.8 Å². The monoisotopic (exact) mass is 707 g/mol. The molecule has 0 saturated heterocycles. The molecule has 0 unspecified atom stereocenters. The molecule has 0 radical (unpaired) electrons. The molecule has 0 N–H and O–H groups in total. The van der Waals surface area contributed by atoms with E-state index in [9.17, 15) is 9.60 Å². The zero-order chi connectivity index (χ0) is 51.7. The Morgan fingerprint density at radius 3 is 1.82 bits per heavy atom. The fourth-order valence-corrected chi connectivity index (χ4v) is 8.31. The largest absolute Gasteiger partial charge is 0.309 e. The maximum atomic E-state index is 9.60. The fraction of sp³-hybridized carbons (Fsp3) is 0. The SMILES string of the molecule is [2H]c1c([2H])c(-n2c3c([2H])c([2H])c([2H])c([2H])c3c3c4sc5c([2H])c([2H])c([2H])c([2H])c5c4c([2H])c([2H])c32)c([2H])c([2H])c1-c1nc(-c2ccccc2)nc(-c2c([2H])c([2H])c([2H])c3c2sc2c([2H])c([2H])c([2H])c([2H])c23)n1. The zero-order valence-electron chi connectivity index (χ0n) is 46.5. The van der Waals surface area contributed by atoms with E-state index >= 15 is 0 Å². The minimum atomic E-state index is -0.828. The van der Waals surface area contributed by atoms with E-state index in [4.69, 9.17) is 19.2 Å². The third-order valence-electron chi connectivity index (χ3n) is 8.36. The Kier molecular flexibility index (Phi) is 3.27. The summed E-state index contributed by atoms with van der Waals surface area (Å²) in [6, 6.07) is -4.85. The lowest BCUT2D eigenvalue weighted by atomic mass is 10.1. The van der Waals surface area contributed by atoms with Gasteiger partial charge in [0.1, 0.15) is 0 Å². The van der Waals surface area contributed by atoms with Crippen LogP contribution in [0.1, 0.15) is 28.8 Å². The standard InChI is InChI=1S/C45H26N4S2/c1-2-11-27(12-3-1)43-46-44(48-45(47-43)35-17-10-16-32-30-13-5-8-19-38(30)50-41(32)35)28-21-23-29(24-22-28)49-36-18-7-4-15-34(36)40-37(49)26-25-33-31-14-6-9-20-39(31)51-42(33)40/h1-26H/i4D,5D,6D,7D,8D,9D,10D,13D,14D,15D,16D,17D,18D,19D,20D,21D,22D,23D,24D,25D,26D. The molecule has 0 saturated carbocycles. The van der Waals surface area contributed by atoms with Crippen LogP contribution in [0.5, 0.6) is 0 Å². The summed E-state index contributed by atoms with van der Waals surface area (Å²) in [5.74, 6) is -0.933. The van der Waals surface area contributed by atoms with E-state index in [1.54, 1.807) is 30.3 Å². The Morgan fingerprint density at radius 2 is 1.06 bits per heavy atom. The molecule has 0 bridgehead atoms. The highest BCUT2D eigenvalue weighted by Crippen LogP contribution is 2.44. The topological polar surface area (TPSA) is 43.6 Å². The number of thiophene rings is 2. The first-order valence-electron chi connectivity index (χ1n) is 25.7. The lowest BCUT2D eigenvalue weighted by molar-refractivity contribution is 1.08. The summed E-state index contributed by atoms with van der Waals surface area (Å²) in [5, 5.41) is -0.654. The summed E-state index contributed by atoms with van der Waals surface area (Å²) in [7, 11) is 0. The molecular formula is C45H26N4S2. The minimum absolute atomic E-state index is 0.00446. The van der Waals surface area contributed by atoms with Crippen molar-refractivity contribution in [3.05, 3.63) is 157 Å². The van der Waals surface area contributed by atoms with E-state index in [1.165, 1.54) is 0 Å². The number of hydrogen-bond acceptors (Lipinski definition) is 5. The average Bonchev–Trinajstić information content (AvgIpc) is 4.07. The van der Waals surface area contributed by atoms with Crippen molar-refractivity contribution in [2.24, 2.45) is 0 Å². The first-order valence-corrected chi connectivity index (χ1v) is 16.9. The van der Waals surface area contributed by atoms with Crippen LogP contribution in [-0.4, -0.2) is 19.5 Å². The van der Waals surface area contributed by atoms with Gasteiger partial charge in [-0.3, -0.25) is 0 Å². The van der Waals surface area contributed by atoms with Gasteiger partial charge in [-0.05, 0) is 54.4 Å². The van der Waals surface area contributed by atoms with E-state index in [0.717, 1.165) is 27.2 Å². The van der Waals surface area contributed by atoms with Crippen LogP contribution in [0.3, 0.4) is 0 Å². The molecule has 51 heavy (non-hydrogen) atoms. The number of aromatic nitrogens is 4. The highest BCUT2D eigenvalue weighted by molar-refractivity contribution is 7.27. The molecule has 6 heteroatoms. The molecule has 0 aliphatic rings. The molecular weight excluding hydrogens is 661 g/mol. The lowest BCUT2D eigenvalue weighted by Crippen LogP contribution is -2.00. The summed E-state index contributed by atoms with van der Waals surface area (Å²) in [4.78, 5) is 13.9. The molecule has 4 heterocycles. The second-order valence-electron chi connectivity index (χ2n) is 11.2. The molecule has 0 aliphatic heterocycles. The normalized spacial score (nSPS) is 17.7. The van der Waals surface area contributed by atoms with Crippen LogP contribution in [0.4, 0.5) is 0 Å². The quantitative estimate of drug-likeness (QED) is 0.183. The van der Waals surface area contributed by atoms with E-state index < -0.39 is 149 Å². The number of nitrogens with zero attached hydrogens (tertiary/aromatic N) is 4. The first-order chi connectivity index (χ1) is 34.0. The molecule has 0 amide bonds. The third-order valence-corrected chi connectivity index (χ3v) is 10.6. The van der Waals surface area contributed by atoms with Crippen molar-refractivity contribution in [1.29, 1.82) is 0 Å². The average molecular weight is 708 g/mol. The van der Waals surface area contributed by atoms with Crippen LogP contribution < -0.4 is 0 Å². The van der Waals surface area contributed by atoms with Crippen LogP contribution in [0.25, 0.3) is 102 Å². The van der Waals surface area contributed by atoms with Crippen molar-refractivity contribution in [3.63, 3.8) is 0 Å². The van der Waals surface area contributed by atoms with Gasteiger partial charge in [0.15, 0.2) is 17.5 Å². The molecule has 0 aliphatic carbocycles. The van der Waals surface area contributed by atoms with Crippen LogP contribution in [0, 0.1) is 0 Å². The molecule has 0 fully saturated rings. The van der Waals surface area contributed by atoms with Crippen LogP contribution in [0.15, 0.2) is 157 Å². The molecule has 7 aromatic carbocycles. The van der Waals surface area contributed by atoms with Crippen molar-refractivity contribution < 1.29 is 28.8 Å². The second kappa shape index (κ2) is 11.2. The number of rotatable bonds is 4. The Bertz CT molecular complexity index is 4330. The highest BCUT2D eigenvalue weighted by Gasteiger charge is 2.19. The Balaban J connectivity index is 1.25. The lowest BCUT2D eigenvalue weighted by Gasteiger charge is -2.11. The predicted octanol–water partition coefficient (Wildman–Crippen LogP) is 12.7. The van der Waals surface area contributed by atoms with Gasteiger partial charge in [-0.25, -0.2) is 15.0 Å². The van der Waals surface area contributed by atoms with Crippen molar-refractivity contribution >= 4 is 84.8 Å². The second-order valence-corrected chi connectivity index (χ2v) is 13.2. The molecule has 11 aromatic rings. The van der Waals surface area contributed by atoms with Crippen LogP contribution >= 0.6 is 22.7 Å². The van der Waals surface area contributed by atoms with Crippen molar-refractivity contribution in [2.45, 2.75) is 0 Å². The van der Waals surface area contributed by atoms with Crippen LogP contribution in [-0.2, 0) is 0 Å². The summed E-state index contributed by atoms with van der Waals surface area (Å²) in [6.07, 6.45) is 0. The smallest absolute Gasteiger partial charge is 0.165 e. The van der Waals surface area contributed by atoms with E-state index in [-0.39, 0.29) is 73.8 Å². The number of hydrogen-bond donors (Lipinski definition) is 0. The third kappa shape index (κ3) is 4.40. The van der Waals surface area contributed by atoms with Gasteiger partial charge in [-0.15, -0.1) is 22.7 Å². The van der Waals surface area contributed by atoms with Crippen molar-refractivity contribution in [2.75, 3.05) is 0 Å². The Morgan fingerprint density at radius 1 is 0.451 bits per heavy atom. The Labute approximate surface area is 330 Å². The number of benzene rings is 7. The van der Waals surface area contributed by atoms with Crippen molar-refractivity contribution in [3.8, 4) is 39.9 Å². The molecule has 4 aromatic heterocycles. The predicted molar refractivity (Wildman–Crippen MR) is 216 cm³/mol. The zero-order valence-corrected chi connectivity index (χ0v) is 27.1. The molecule has 238 valence electrons. The van der Waals surface area contributed by atoms with Crippen LogP contribution in [0.2, 0.25) is 0 Å². The Hall–Kier alpha value is -6.21. The minimum Gasteiger partial charge on any atom is -0.309 e. The molecule has 4 nitrogen and oxygen atoms in total. The highest BCUT2D eigenvalue weighted by atomic mass is 32.1. The number of fused-ring (bicyclic) bond motifs is 10. The van der Waals surface area contributed by atoms with Gasteiger partial charge in [-0.1, -0.05) is 103 Å². The van der Waals surface area contributed by atoms with E-state index in [1.807, 2.05) is 0 Å². The summed E-state index contributed by atoms with van der Waals surface area (Å²) in [6.45, 7) is 0. The van der Waals surface area contributed by atoms with Gasteiger partial charge >= 0.3 is 0 Å². The number of para-hydroxylation sites is 1. The van der Waals surface area contributed by atoms with Gasteiger partial charge in [0.2, 0.25) is 0 Å². The first kappa shape index (κ1) is 15.0. The van der Waals surface area contributed by atoms with Gasteiger partial charge in [0.25, 0.3) is 0 Å². The molecule has 0 spiro atoms. The van der Waals surface area contributed by atoms with Gasteiger partial charge in [0, 0.05) is 73.5 Å². The summed E-state index contributed by atoms with van der Waals surface area (Å²) < 4.78 is 189. The van der Waals surface area contributed by atoms with Gasteiger partial charge < -0.3 is 4.57 Å². The maximum absolute atomic E-state index is 9.60. The van der Waals surface area contributed by atoms with E-state index in [2.05, 4.69) is 15.0 Å². The molecule has 11 rings (SSSR count).